The molecule has 2 unspecified atom stereocenters. The van der Waals surface area contributed by atoms with Gasteiger partial charge in [-0.15, -0.1) is 11.6 Å². The van der Waals surface area contributed by atoms with Crippen molar-refractivity contribution >= 4 is 11.6 Å². The van der Waals surface area contributed by atoms with E-state index in [0.717, 1.165) is 0 Å². The predicted octanol–water partition coefficient (Wildman–Crippen LogP) is 1.16. The van der Waals surface area contributed by atoms with Gasteiger partial charge in [-0.25, -0.2) is 4.39 Å². The van der Waals surface area contributed by atoms with E-state index in [1.807, 2.05) is 0 Å². The summed E-state index contributed by atoms with van der Waals surface area (Å²) in [5.41, 5.74) is 0.403. The minimum absolute atomic E-state index is 0.168. The minimum Gasteiger partial charge on any atom is -0.389 e. The van der Waals surface area contributed by atoms with Gasteiger partial charge in [-0.3, -0.25) is 4.98 Å². The molecule has 0 aliphatic carbocycles. The van der Waals surface area contributed by atoms with E-state index < -0.39 is 18.0 Å². The van der Waals surface area contributed by atoms with Crippen molar-refractivity contribution in [1.29, 1.82) is 0 Å². The molecule has 1 heterocycles. The van der Waals surface area contributed by atoms with Gasteiger partial charge >= 0.3 is 0 Å². The molecular formula is C9H11ClFNO2. The van der Waals surface area contributed by atoms with Crippen LogP contribution in [0.25, 0.3) is 0 Å². The lowest BCUT2D eigenvalue weighted by Crippen LogP contribution is -2.22. The Morgan fingerprint density at radius 2 is 2.14 bits per heavy atom. The molecule has 14 heavy (non-hydrogen) atoms. The Bertz CT molecular complexity index is 322. The van der Waals surface area contributed by atoms with Gasteiger partial charge in [-0.05, 0) is 19.1 Å². The average Bonchev–Trinajstić information content (AvgIpc) is 2.19. The van der Waals surface area contributed by atoms with Crippen molar-refractivity contribution in [1.82, 2.24) is 4.98 Å². The van der Waals surface area contributed by atoms with Crippen LogP contribution in [0.2, 0.25) is 0 Å². The summed E-state index contributed by atoms with van der Waals surface area (Å²) in [6, 6.07) is 2.68. The van der Waals surface area contributed by atoms with Crippen LogP contribution in [0.3, 0.4) is 0 Å². The maximum Gasteiger partial charge on any atom is 0.147 e. The fourth-order valence-corrected chi connectivity index (χ4v) is 1.20. The first-order chi connectivity index (χ1) is 6.56. The summed E-state index contributed by atoms with van der Waals surface area (Å²) in [4.78, 5) is 3.80. The maximum absolute atomic E-state index is 13.1. The van der Waals surface area contributed by atoms with Crippen LogP contribution < -0.4 is 0 Å². The van der Waals surface area contributed by atoms with E-state index in [1.54, 1.807) is 6.92 Å². The van der Waals surface area contributed by atoms with Crippen LogP contribution in [0.4, 0.5) is 4.39 Å². The van der Waals surface area contributed by atoms with E-state index in [9.17, 15) is 14.6 Å². The van der Waals surface area contributed by atoms with Gasteiger partial charge in [0.05, 0.1) is 12.0 Å². The van der Waals surface area contributed by atoms with Gasteiger partial charge in [-0.1, -0.05) is 0 Å². The highest BCUT2D eigenvalue weighted by Gasteiger charge is 2.22. The third kappa shape index (κ3) is 2.41. The molecular weight excluding hydrogens is 209 g/mol. The lowest BCUT2D eigenvalue weighted by molar-refractivity contribution is 0.0274. The Kier molecular flexibility index (Phi) is 3.80. The number of aromatic nitrogens is 1. The lowest BCUT2D eigenvalue weighted by atomic mass is 10.1. The fourth-order valence-electron chi connectivity index (χ4n) is 1.03. The molecule has 1 rings (SSSR count). The third-order valence-electron chi connectivity index (χ3n) is 1.82. The second-order valence-corrected chi connectivity index (χ2v) is 3.29. The van der Waals surface area contributed by atoms with Crippen molar-refractivity contribution in [2.45, 2.75) is 19.1 Å². The van der Waals surface area contributed by atoms with Crippen LogP contribution in [0.15, 0.2) is 12.1 Å². The zero-order valence-corrected chi connectivity index (χ0v) is 8.37. The van der Waals surface area contributed by atoms with E-state index in [-0.39, 0.29) is 11.6 Å². The van der Waals surface area contributed by atoms with Crippen molar-refractivity contribution in [2.24, 2.45) is 0 Å². The summed E-state index contributed by atoms with van der Waals surface area (Å²) in [6.07, 6.45) is -2.59. The molecule has 0 aliphatic rings. The Morgan fingerprint density at radius 3 is 2.71 bits per heavy atom. The summed E-state index contributed by atoms with van der Waals surface area (Å²) in [7, 11) is 0. The molecule has 0 amide bonds. The third-order valence-corrected chi connectivity index (χ3v) is 2.13. The molecule has 5 heteroatoms. The van der Waals surface area contributed by atoms with Gasteiger partial charge in [0.1, 0.15) is 17.6 Å². The second kappa shape index (κ2) is 4.68. The predicted molar refractivity (Wildman–Crippen MR) is 50.6 cm³/mol. The number of aryl methyl sites for hydroxylation is 1. The number of nitrogens with zero attached hydrogens (tertiary/aromatic N) is 1. The first kappa shape index (κ1) is 11.4. The van der Waals surface area contributed by atoms with Crippen molar-refractivity contribution in [3.8, 4) is 0 Å². The Hall–Kier alpha value is -0.710. The molecule has 0 spiro atoms. The number of aliphatic hydroxyl groups is 2. The molecule has 3 nitrogen and oxygen atoms in total. The van der Waals surface area contributed by atoms with E-state index in [0.29, 0.717) is 5.69 Å². The van der Waals surface area contributed by atoms with Crippen LogP contribution in [-0.2, 0) is 0 Å². The van der Waals surface area contributed by atoms with Gasteiger partial charge in [0, 0.05) is 5.69 Å². The Morgan fingerprint density at radius 1 is 1.50 bits per heavy atom. The van der Waals surface area contributed by atoms with Gasteiger partial charge in [-0.2, -0.15) is 0 Å². The van der Waals surface area contributed by atoms with Crippen molar-refractivity contribution in [3.05, 3.63) is 29.3 Å². The maximum atomic E-state index is 13.1. The molecule has 0 radical (unpaired) electrons. The van der Waals surface area contributed by atoms with Gasteiger partial charge in [0.2, 0.25) is 0 Å². The fraction of sp³-hybridized carbons (Fsp3) is 0.444. The molecule has 0 fully saturated rings. The number of aliphatic hydroxyl groups excluding tert-OH is 2. The first-order valence-electron chi connectivity index (χ1n) is 4.11. The molecule has 0 bridgehead atoms. The highest BCUT2D eigenvalue weighted by atomic mass is 35.5. The summed E-state index contributed by atoms with van der Waals surface area (Å²) in [5, 5.41) is 18.7. The number of alkyl halides is 1. The van der Waals surface area contributed by atoms with Crippen LogP contribution in [0.5, 0.6) is 0 Å². The Balaban J connectivity index is 2.99. The van der Waals surface area contributed by atoms with Gasteiger partial charge in [0.25, 0.3) is 0 Å². The van der Waals surface area contributed by atoms with E-state index in [2.05, 4.69) is 4.98 Å². The topological polar surface area (TPSA) is 53.4 Å². The molecule has 2 N–H and O–H groups in total. The van der Waals surface area contributed by atoms with Crippen molar-refractivity contribution < 1.29 is 14.6 Å². The number of hydrogen-bond acceptors (Lipinski definition) is 3. The van der Waals surface area contributed by atoms with E-state index in [4.69, 9.17) is 11.6 Å². The molecule has 0 aliphatic heterocycles. The quantitative estimate of drug-likeness (QED) is 0.751. The van der Waals surface area contributed by atoms with Crippen LogP contribution in [0, 0.1) is 12.7 Å². The highest BCUT2D eigenvalue weighted by Crippen LogP contribution is 2.19. The summed E-state index contributed by atoms with van der Waals surface area (Å²) >= 11 is 5.33. The molecule has 1 aromatic heterocycles. The zero-order chi connectivity index (χ0) is 10.7. The Labute approximate surface area is 86.2 Å². The molecule has 78 valence electrons. The SMILES string of the molecule is Cc1ccc(F)c(C(O)C(O)CCl)n1. The van der Waals surface area contributed by atoms with Gasteiger partial charge < -0.3 is 10.2 Å². The van der Waals surface area contributed by atoms with Gasteiger partial charge in [0.15, 0.2) is 0 Å². The van der Waals surface area contributed by atoms with Crippen LogP contribution in [-0.4, -0.2) is 27.2 Å². The molecule has 0 saturated carbocycles. The monoisotopic (exact) mass is 219 g/mol. The summed E-state index contributed by atoms with van der Waals surface area (Å²) in [5.74, 6) is -0.816. The normalized spacial score (nSPS) is 15.2. The standard InChI is InChI=1S/C9H11ClFNO2/c1-5-2-3-6(11)8(12-5)9(14)7(13)4-10/h2-3,7,9,13-14H,4H2,1H3. The average molecular weight is 220 g/mol. The molecule has 2 atom stereocenters. The molecule has 1 aromatic rings. The molecule has 0 aromatic carbocycles. The smallest absolute Gasteiger partial charge is 0.147 e. The lowest BCUT2D eigenvalue weighted by Gasteiger charge is -2.15. The summed E-state index contributed by atoms with van der Waals surface area (Å²) in [6.45, 7) is 1.67. The minimum atomic E-state index is -1.38. The number of pyridine rings is 1. The van der Waals surface area contributed by atoms with Crippen molar-refractivity contribution in [2.75, 3.05) is 5.88 Å². The van der Waals surface area contributed by atoms with E-state index >= 15 is 0 Å². The van der Waals surface area contributed by atoms with Crippen LogP contribution in [0.1, 0.15) is 17.5 Å². The number of hydrogen-bond donors (Lipinski definition) is 2. The van der Waals surface area contributed by atoms with Crippen LogP contribution >= 0.6 is 11.6 Å². The van der Waals surface area contributed by atoms with Crippen molar-refractivity contribution in [3.63, 3.8) is 0 Å². The number of rotatable bonds is 3. The van der Waals surface area contributed by atoms with E-state index in [1.165, 1.54) is 12.1 Å². The zero-order valence-electron chi connectivity index (χ0n) is 7.61. The molecule has 0 saturated heterocycles. The highest BCUT2D eigenvalue weighted by molar-refractivity contribution is 6.18. The summed E-state index contributed by atoms with van der Waals surface area (Å²) < 4.78 is 13.1. The first-order valence-corrected chi connectivity index (χ1v) is 4.65. The largest absolute Gasteiger partial charge is 0.389 e. The second-order valence-electron chi connectivity index (χ2n) is 2.99. The number of halogens is 2.